The van der Waals surface area contributed by atoms with Crippen molar-refractivity contribution in [3.05, 3.63) is 58.1 Å². The number of carboxylic acids is 1. The molecule has 0 bridgehead atoms. The molecule has 2 aromatic rings. The van der Waals surface area contributed by atoms with Crippen LogP contribution in [0.4, 0.5) is 5.69 Å². The van der Waals surface area contributed by atoms with Crippen molar-refractivity contribution < 1.29 is 19.8 Å². The lowest BCUT2D eigenvalue weighted by Crippen LogP contribution is -2.34. The molecule has 0 aromatic heterocycles. The second-order valence-electron chi connectivity index (χ2n) is 4.91. The average Bonchev–Trinajstić information content (AvgIpc) is 2.51. The molecular weight excluding hydrogens is 352 g/mol. The first-order valence-corrected chi connectivity index (χ1v) is 7.51. The normalized spacial score (nSPS) is 10.1. The summed E-state index contributed by atoms with van der Waals surface area (Å²) in [5, 5.41) is 24.0. The first-order chi connectivity index (χ1) is 11.3. The second kappa shape index (κ2) is 7.29. The van der Waals surface area contributed by atoms with Gasteiger partial charge in [0.1, 0.15) is 11.3 Å². The van der Waals surface area contributed by atoms with E-state index in [0.29, 0.717) is 16.3 Å². The molecule has 24 heavy (non-hydrogen) atoms. The van der Waals surface area contributed by atoms with Gasteiger partial charge in [-0.3, -0.25) is 10.1 Å². The highest BCUT2D eigenvalue weighted by Crippen LogP contribution is 2.21. The fraction of sp³-hybridized carbons (Fsp3) is 0.0625. The molecule has 0 heterocycles. The summed E-state index contributed by atoms with van der Waals surface area (Å²) in [6.07, 6.45) is 0. The van der Waals surface area contributed by atoms with Gasteiger partial charge in [0.25, 0.3) is 5.91 Å². The molecule has 6 nitrogen and oxygen atoms in total. The molecule has 8 heteroatoms. The van der Waals surface area contributed by atoms with Crippen LogP contribution < -0.4 is 10.6 Å². The molecule has 1 amide bonds. The zero-order valence-corrected chi connectivity index (χ0v) is 14.0. The van der Waals surface area contributed by atoms with Gasteiger partial charge in [-0.25, -0.2) is 4.79 Å². The Morgan fingerprint density at radius 3 is 2.50 bits per heavy atom. The molecule has 2 rings (SSSR count). The monoisotopic (exact) mass is 364 g/mol. The van der Waals surface area contributed by atoms with Crippen molar-refractivity contribution in [2.24, 2.45) is 0 Å². The number of aryl methyl sites for hydroxylation is 1. The van der Waals surface area contributed by atoms with Gasteiger partial charge in [0.2, 0.25) is 0 Å². The minimum Gasteiger partial charge on any atom is -0.507 e. The summed E-state index contributed by atoms with van der Waals surface area (Å²) < 4.78 is 0. The molecule has 124 valence electrons. The van der Waals surface area contributed by atoms with Crippen LogP contribution in [0.25, 0.3) is 0 Å². The van der Waals surface area contributed by atoms with Crippen molar-refractivity contribution in [2.45, 2.75) is 6.92 Å². The van der Waals surface area contributed by atoms with Gasteiger partial charge in [0.05, 0.1) is 0 Å². The number of thiocarbonyl (C=S) groups is 1. The molecule has 0 saturated heterocycles. The quantitative estimate of drug-likeness (QED) is 0.493. The zero-order chi connectivity index (χ0) is 17.9. The number of anilines is 1. The molecule has 4 N–H and O–H groups in total. The van der Waals surface area contributed by atoms with Crippen LogP contribution in [0, 0.1) is 6.92 Å². The number of amides is 1. The Bertz CT molecular complexity index is 839. The number of carboxylic acid groups (broad SMARTS) is 1. The topological polar surface area (TPSA) is 98.7 Å². The lowest BCUT2D eigenvalue weighted by atomic mass is 10.1. The number of aromatic carboxylic acids is 1. The molecule has 0 radical (unpaired) electrons. The predicted octanol–water partition coefficient (Wildman–Crippen LogP) is 3.18. The number of benzene rings is 2. The second-order valence-corrected chi connectivity index (χ2v) is 5.72. The summed E-state index contributed by atoms with van der Waals surface area (Å²) in [4.78, 5) is 23.1. The van der Waals surface area contributed by atoms with E-state index in [1.807, 2.05) is 6.92 Å². The SMILES string of the molecule is Cc1ccc(C(=O)NC(=S)Nc2ccc(O)c(C(=O)O)c2)cc1Cl. The largest absolute Gasteiger partial charge is 0.507 e. The smallest absolute Gasteiger partial charge is 0.339 e. The summed E-state index contributed by atoms with van der Waals surface area (Å²) in [7, 11) is 0. The Labute approximate surface area is 148 Å². The number of hydrogen-bond acceptors (Lipinski definition) is 4. The maximum absolute atomic E-state index is 12.1. The lowest BCUT2D eigenvalue weighted by molar-refractivity contribution is 0.0693. The number of carbonyl (C=O) groups is 2. The maximum Gasteiger partial charge on any atom is 0.339 e. The summed E-state index contributed by atoms with van der Waals surface area (Å²) in [5.41, 5.74) is 1.22. The van der Waals surface area contributed by atoms with Gasteiger partial charge >= 0.3 is 5.97 Å². The van der Waals surface area contributed by atoms with Gasteiger partial charge in [-0.15, -0.1) is 0 Å². The fourth-order valence-corrected chi connectivity index (χ4v) is 2.25. The van der Waals surface area contributed by atoms with E-state index in [1.54, 1.807) is 12.1 Å². The minimum atomic E-state index is -1.28. The Morgan fingerprint density at radius 1 is 1.17 bits per heavy atom. The first kappa shape index (κ1) is 17.7. The predicted molar refractivity (Wildman–Crippen MR) is 94.9 cm³/mol. The number of nitrogens with one attached hydrogen (secondary N) is 2. The van der Waals surface area contributed by atoms with Gasteiger partial charge in [-0.05, 0) is 55.0 Å². The van der Waals surface area contributed by atoms with Crippen molar-refractivity contribution in [3.63, 3.8) is 0 Å². The molecule has 2 aromatic carbocycles. The van der Waals surface area contributed by atoms with Crippen molar-refractivity contribution in [2.75, 3.05) is 5.32 Å². The third-order valence-corrected chi connectivity index (χ3v) is 3.76. The molecule has 0 aliphatic carbocycles. The third-order valence-electron chi connectivity index (χ3n) is 3.15. The van der Waals surface area contributed by atoms with Gasteiger partial charge in [0.15, 0.2) is 5.11 Å². The summed E-state index contributed by atoms with van der Waals surface area (Å²) in [6.45, 7) is 1.82. The van der Waals surface area contributed by atoms with E-state index in [0.717, 1.165) is 5.56 Å². The number of rotatable bonds is 3. The first-order valence-electron chi connectivity index (χ1n) is 6.72. The fourth-order valence-electron chi connectivity index (χ4n) is 1.86. The standard InChI is InChI=1S/C16H13ClN2O4S/c1-8-2-3-9(6-12(8)17)14(21)19-16(24)18-10-4-5-13(20)11(7-10)15(22)23/h2-7,20H,1H3,(H,22,23)(H2,18,19,21,24). The van der Waals surface area contributed by atoms with Crippen LogP contribution in [0.1, 0.15) is 26.3 Å². The highest BCUT2D eigenvalue weighted by Gasteiger charge is 2.12. The number of aromatic hydroxyl groups is 1. The number of hydrogen-bond donors (Lipinski definition) is 4. The van der Waals surface area contributed by atoms with Crippen molar-refractivity contribution in [1.82, 2.24) is 5.32 Å². The highest BCUT2D eigenvalue weighted by molar-refractivity contribution is 7.80. The molecule has 0 unspecified atom stereocenters. The molecular formula is C16H13ClN2O4S. The maximum atomic E-state index is 12.1. The lowest BCUT2D eigenvalue weighted by Gasteiger charge is -2.11. The molecule has 0 spiro atoms. The Morgan fingerprint density at radius 2 is 1.88 bits per heavy atom. The zero-order valence-electron chi connectivity index (χ0n) is 12.5. The van der Waals surface area contributed by atoms with E-state index in [2.05, 4.69) is 10.6 Å². The summed E-state index contributed by atoms with van der Waals surface area (Å²) in [5.74, 6) is -2.09. The molecule has 0 saturated carbocycles. The van der Waals surface area contributed by atoms with Crippen LogP contribution in [0.5, 0.6) is 5.75 Å². The summed E-state index contributed by atoms with van der Waals surface area (Å²) in [6, 6.07) is 8.71. The number of halogens is 1. The van der Waals surface area contributed by atoms with E-state index >= 15 is 0 Å². The van der Waals surface area contributed by atoms with Crippen LogP contribution in [0.3, 0.4) is 0 Å². The van der Waals surface area contributed by atoms with Gasteiger partial charge in [0, 0.05) is 16.3 Å². The van der Waals surface area contributed by atoms with E-state index in [-0.39, 0.29) is 16.4 Å². The molecule has 0 atom stereocenters. The third kappa shape index (κ3) is 4.21. The van der Waals surface area contributed by atoms with Gasteiger partial charge < -0.3 is 15.5 Å². The van der Waals surface area contributed by atoms with Crippen molar-refractivity contribution in [3.8, 4) is 5.75 Å². The van der Waals surface area contributed by atoms with Crippen molar-refractivity contribution in [1.29, 1.82) is 0 Å². The van der Waals surface area contributed by atoms with Gasteiger partial charge in [-0.2, -0.15) is 0 Å². The number of phenols is 1. The minimum absolute atomic E-state index is 0.0151. The Kier molecular flexibility index (Phi) is 5.38. The Hall–Kier alpha value is -2.64. The number of carbonyl (C=O) groups excluding carboxylic acids is 1. The molecule has 0 aliphatic rings. The van der Waals surface area contributed by atoms with Crippen LogP contribution in [0.2, 0.25) is 5.02 Å². The average molecular weight is 365 g/mol. The van der Waals surface area contributed by atoms with E-state index in [4.69, 9.17) is 28.9 Å². The van der Waals surface area contributed by atoms with Crippen LogP contribution in [-0.2, 0) is 0 Å². The van der Waals surface area contributed by atoms with E-state index in [9.17, 15) is 14.7 Å². The van der Waals surface area contributed by atoms with Crippen LogP contribution in [-0.4, -0.2) is 27.2 Å². The summed E-state index contributed by atoms with van der Waals surface area (Å²) >= 11 is 11.0. The van der Waals surface area contributed by atoms with E-state index in [1.165, 1.54) is 24.3 Å². The van der Waals surface area contributed by atoms with Crippen LogP contribution in [0.15, 0.2) is 36.4 Å². The Balaban J connectivity index is 2.07. The van der Waals surface area contributed by atoms with Crippen LogP contribution >= 0.6 is 23.8 Å². The van der Waals surface area contributed by atoms with Gasteiger partial charge in [-0.1, -0.05) is 17.7 Å². The molecule has 0 fully saturated rings. The van der Waals surface area contributed by atoms with E-state index < -0.39 is 11.9 Å². The molecule has 0 aliphatic heterocycles. The van der Waals surface area contributed by atoms with Crippen molar-refractivity contribution >= 4 is 46.5 Å². The highest BCUT2D eigenvalue weighted by atomic mass is 35.5.